The summed E-state index contributed by atoms with van der Waals surface area (Å²) in [5.74, 6) is 0.278. The quantitative estimate of drug-likeness (QED) is 0.172. The van der Waals surface area contributed by atoms with Gasteiger partial charge in [0.2, 0.25) is 5.91 Å². The minimum Gasteiger partial charge on any atom is -0.343 e. The number of amides is 1. The van der Waals surface area contributed by atoms with Gasteiger partial charge in [-0.2, -0.15) is 0 Å². The summed E-state index contributed by atoms with van der Waals surface area (Å²) in [7, 11) is 0. The van der Waals surface area contributed by atoms with Crippen molar-refractivity contribution in [2.24, 2.45) is 11.5 Å². The van der Waals surface area contributed by atoms with Crippen molar-refractivity contribution < 1.29 is 4.79 Å². The Morgan fingerprint density at radius 3 is 1.59 bits per heavy atom. The fraction of sp³-hybridized carbons (Fsp3) is 0.880. The van der Waals surface area contributed by atoms with E-state index in [0.717, 1.165) is 38.8 Å². The fourth-order valence-electron chi connectivity index (χ4n) is 3.61. The number of rotatable bonds is 22. The van der Waals surface area contributed by atoms with E-state index in [0.29, 0.717) is 19.5 Å². The highest BCUT2D eigenvalue weighted by Gasteiger charge is 2.11. The van der Waals surface area contributed by atoms with Crippen LogP contribution in [0.5, 0.6) is 0 Å². The van der Waals surface area contributed by atoms with Crippen LogP contribution in [0.3, 0.4) is 0 Å². The lowest BCUT2D eigenvalue weighted by atomic mass is 10.1. The van der Waals surface area contributed by atoms with Crippen LogP contribution in [0.2, 0.25) is 0 Å². The monoisotopic (exact) mass is 409 g/mol. The van der Waals surface area contributed by atoms with Gasteiger partial charge in [-0.1, -0.05) is 76.9 Å². The van der Waals surface area contributed by atoms with E-state index in [1.54, 1.807) is 0 Å². The fourth-order valence-corrected chi connectivity index (χ4v) is 3.61. The van der Waals surface area contributed by atoms with E-state index in [2.05, 4.69) is 19.1 Å². The van der Waals surface area contributed by atoms with Crippen molar-refractivity contribution in [2.75, 3.05) is 26.2 Å². The van der Waals surface area contributed by atoms with Crippen LogP contribution in [-0.4, -0.2) is 37.0 Å². The van der Waals surface area contributed by atoms with Crippen LogP contribution in [0, 0.1) is 0 Å². The molecule has 1 amide bonds. The van der Waals surface area contributed by atoms with Gasteiger partial charge in [-0.3, -0.25) is 4.79 Å². The maximum atomic E-state index is 12.3. The van der Waals surface area contributed by atoms with E-state index in [1.807, 2.05) is 4.90 Å². The van der Waals surface area contributed by atoms with Crippen LogP contribution in [0.15, 0.2) is 12.2 Å². The molecular weight excluding hydrogens is 358 g/mol. The smallest absolute Gasteiger partial charge is 0.222 e. The number of unbranched alkanes of at least 4 members (excludes halogenated alkanes) is 12. The van der Waals surface area contributed by atoms with Gasteiger partial charge in [0.05, 0.1) is 0 Å². The second-order valence-corrected chi connectivity index (χ2v) is 8.35. The van der Waals surface area contributed by atoms with Gasteiger partial charge in [-0.15, -0.1) is 0 Å². The van der Waals surface area contributed by atoms with Crippen LogP contribution in [0.25, 0.3) is 0 Å². The molecule has 0 aromatic carbocycles. The average Bonchev–Trinajstić information content (AvgIpc) is 2.73. The topological polar surface area (TPSA) is 72.3 Å². The molecule has 0 heterocycles. The summed E-state index contributed by atoms with van der Waals surface area (Å²) >= 11 is 0. The number of carbonyl (C=O) groups excluding carboxylic acids is 1. The zero-order valence-electron chi connectivity index (χ0n) is 19.5. The molecule has 4 N–H and O–H groups in total. The number of allylic oxidation sites excluding steroid dienone is 2. The minimum atomic E-state index is 0.278. The van der Waals surface area contributed by atoms with Gasteiger partial charge in [0.15, 0.2) is 0 Å². The van der Waals surface area contributed by atoms with Crippen LogP contribution in [0.4, 0.5) is 0 Å². The number of nitrogens with two attached hydrogens (primary N) is 2. The van der Waals surface area contributed by atoms with Crippen LogP contribution in [-0.2, 0) is 4.79 Å². The molecule has 4 nitrogen and oxygen atoms in total. The van der Waals surface area contributed by atoms with E-state index in [-0.39, 0.29) is 5.91 Å². The Morgan fingerprint density at radius 1 is 0.655 bits per heavy atom. The van der Waals surface area contributed by atoms with Crippen LogP contribution >= 0.6 is 0 Å². The molecule has 0 radical (unpaired) electrons. The third-order valence-corrected chi connectivity index (χ3v) is 5.52. The molecule has 29 heavy (non-hydrogen) atoms. The van der Waals surface area contributed by atoms with Gasteiger partial charge in [0.25, 0.3) is 0 Å². The lowest BCUT2D eigenvalue weighted by Crippen LogP contribution is -2.34. The summed E-state index contributed by atoms with van der Waals surface area (Å²) in [5.41, 5.74) is 11.2. The first-order valence-electron chi connectivity index (χ1n) is 12.6. The zero-order valence-corrected chi connectivity index (χ0v) is 19.5. The Labute approximate surface area is 181 Å². The van der Waals surface area contributed by atoms with Gasteiger partial charge in [-0.05, 0) is 58.0 Å². The van der Waals surface area contributed by atoms with Gasteiger partial charge < -0.3 is 16.4 Å². The number of nitrogens with zero attached hydrogens (tertiary/aromatic N) is 1. The molecule has 0 aromatic rings. The lowest BCUT2D eigenvalue weighted by molar-refractivity contribution is -0.131. The Hall–Kier alpha value is -0.870. The first-order valence-corrected chi connectivity index (χ1v) is 12.6. The van der Waals surface area contributed by atoms with Crippen molar-refractivity contribution in [1.82, 2.24) is 4.90 Å². The van der Waals surface area contributed by atoms with Crippen LogP contribution in [0.1, 0.15) is 116 Å². The summed E-state index contributed by atoms with van der Waals surface area (Å²) < 4.78 is 0. The first-order chi connectivity index (χ1) is 14.3. The van der Waals surface area contributed by atoms with Crippen molar-refractivity contribution in [3.05, 3.63) is 12.2 Å². The highest BCUT2D eigenvalue weighted by molar-refractivity contribution is 5.76. The minimum absolute atomic E-state index is 0.278. The molecule has 0 saturated heterocycles. The number of carbonyl (C=O) groups is 1. The van der Waals surface area contributed by atoms with Crippen molar-refractivity contribution in [3.63, 3.8) is 0 Å². The molecule has 0 aromatic heterocycles. The third kappa shape index (κ3) is 20.2. The molecule has 0 fully saturated rings. The predicted octanol–water partition coefficient (Wildman–Crippen LogP) is 5.94. The second-order valence-electron chi connectivity index (χ2n) is 8.35. The Morgan fingerprint density at radius 2 is 1.10 bits per heavy atom. The first kappa shape index (κ1) is 28.1. The Bertz CT molecular complexity index is 363. The molecule has 0 atom stereocenters. The molecule has 0 aliphatic rings. The van der Waals surface area contributed by atoms with Crippen molar-refractivity contribution in [3.8, 4) is 0 Å². The van der Waals surface area contributed by atoms with Crippen LogP contribution < -0.4 is 11.5 Å². The molecule has 0 saturated carbocycles. The van der Waals surface area contributed by atoms with Crippen molar-refractivity contribution in [2.45, 2.75) is 116 Å². The van der Waals surface area contributed by atoms with Crippen molar-refractivity contribution in [1.29, 1.82) is 0 Å². The molecule has 0 aliphatic heterocycles. The van der Waals surface area contributed by atoms with Gasteiger partial charge >= 0.3 is 0 Å². The molecule has 0 spiro atoms. The molecule has 0 aliphatic carbocycles. The molecule has 0 rings (SSSR count). The maximum absolute atomic E-state index is 12.3. The molecular formula is C25H51N3O. The van der Waals surface area contributed by atoms with E-state index in [1.165, 1.54) is 77.0 Å². The summed E-state index contributed by atoms with van der Waals surface area (Å²) in [4.78, 5) is 14.3. The largest absolute Gasteiger partial charge is 0.343 e. The van der Waals surface area contributed by atoms with E-state index in [4.69, 9.17) is 11.5 Å². The third-order valence-electron chi connectivity index (χ3n) is 5.52. The van der Waals surface area contributed by atoms with E-state index in [9.17, 15) is 4.79 Å². The second kappa shape index (κ2) is 23.4. The van der Waals surface area contributed by atoms with Crippen molar-refractivity contribution >= 4 is 5.91 Å². The summed E-state index contributed by atoms with van der Waals surface area (Å²) in [6.07, 6.45) is 25.3. The van der Waals surface area contributed by atoms with Gasteiger partial charge in [0, 0.05) is 19.5 Å². The standard InChI is InChI=1S/C25H51N3O/c1-2-3-4-5-6-7-8-9-10-11-12-13-14-15-16-17-20-25(29)28(23-18-21-26)24-19-22-27/h10-11H,2-9,12-24,26-27H2,1H3/b11-10+. The number of hydrogen-bond acceptors (Lipinski definition) is 3. The van der Waals surface area contributed by atoms with Gasteiger partial charge in [0.1, 0.15) is 0 Å². The van der Waals surface area contributed by atoms with Gasteiger partial charge in [-0.25, -0.2) is 0 Å². The Balaban J connectivity index is 3.49. The average molecular weight is 410 g/mol. The summed E-state index contributed by atoms with van der Waals surface area (Å²) in [6.45, 7) is 5.11. The highest BCUT2D eigenvalue weighted by Crippen LogP contribution is 2.11. The molecule has 0 bridgehead atoms. The molecule has 4 heteroatoms. The van der Waals surface area contributed by atoms with E-state index < -0.39 is 0 Å². The maximum Gasteiger partial charge on any atom is 0.222 e. The zero-order chi connectivity index (χ0) is 21.4. The van der Waals surface area contributed by atoms with E-state index >= 15 is 0 Å². The molecule has 0 unspecified atom stereocenters. The summed E-state index contributed by atoms with van der Waals surface area (Å²) in [6, 6.07) is 0. The Kier molecular flexibility index (Phi) is 22.7. The SMILES string of the molecule is CCCCCCCCC/C=C/CCCCCCCC(=O)N(CCCN)CCCN. The normalized spacial score (nSPS) is 11.4. The molecule has 172 valence electrons. The number of hydrogen-bond donors (Lipinski definition) is 2. The highest BCUT2D eigenvalue weighted by atomic mass is 16.2. The lowest BCUT2D eigenvalue weighted by Gasteiger charge is -2.22. The summed E-state index contributed by atoms with van der Waals surface area (Å²) in [5, 5.41) is 0. The predicted molar refractivity (Wildman–Crippen MR) is 128 cm³/mol.